The van der Waals surface area contributed by atoms with E-state index in [1.165, 1.54) is 34.4 Å². The summed E-state index contributed by atoms with van der Waals surface area (Å²) in [6.45, 7) is 2.11. The van der Waals surface area contributed by atoms with Gasteiger partial charge >= 0.3 is 5.97 Å². The topological polar surface area (TPSA) is 81.2 Å². The molecule has 0 atom stereocenters. The summed E-state index contributed by atoms with van der Waals surface area (Å²) in [7, 11) is 0. The van der Waals surface area contributed by atoms with E-state index in [0.717, 1.165) is 31.2 Å². The van der Waals surface area contributed by atoms with Crippen LogP contribution >= 0.6 is 23.1 Å². The van der Waals surface area contributed by atoms with Crippen molar-refractivity contribution in [1.29, 1.82) is 0 Å². The summed E-state index contributed by atoms with van der Waals surface area (Å²) in [6.07, 6.45) is 8.44. The van der Waals surface area contributed by atoms with Gasteiger partial charge in [-0.25, -0.2) is 14.8 Å². The zero-order chi connectivity index (χ0) is 18.4. The maximum atomic E-state index is 12.5. The van der Waals surface area contributed by atoms with E-state index in [1.807, 2.05) is 0 Å². The Bertz CT molecular complexity index is 777. The second-order valence-electron chi connectivity index (χ2n) is 5.86. The Morgan fingerprint density at radius 3 is 2.77 bits per heavy atom. The van der Waals surface area contributed by atoms with Crippen molar-refractivity contribution in [3.8, 4) is 0 Å². The summed E-state index contributed by atoms with van der Waals surface area (Å²) in [5.74, 6) is -0.333. The van der Waals surface area contributed by atoms with Gasteiger partial charge in [-0.1, -0.05) is 18.2 Å². The van der Waals surface area contributed by atoms with E-state index in [0.29, 0.717) is 22.3 Å². The second-order valence-corrected chi connectivity index (χ2v) is 7.90. The van der Waals surface area contributed by atoms with Gasteiger partial charge in [0.1, 0.15) is 5.00 Å². The van der Waals surface area contributed by atoms with Crippen LogP contribution in [0.5, 0.6) is 0 Å². The highest BCUT2D eigenvalue weighted by molar-refractivity contribution is 7.99. The molecule has 0 saturated carbocycles. The fourth-order valence-corrected chi connectivity index (χ4v) is 4.80. The van der Waals surface area contributed by atoms with Gasteiger partial charge in [-0.2, -0.15) is 0 Å². The number of aromatic nitrogens is 2. The SMILES string of the molecule is CCOC(=O)c1c(NC(=O)CSc2ncccn2)sc2c1CCCCC2. The number of aryl methyl sites for hydroxylation is 1. The number of fused-ring (bicyclic) bond motifs is 1. The molecule has 0 fully saturated rings. The maximum absolute atomic E-state index is 12.5. The molecule has 1 N–H and O–H groups in total. The van der Waals surface area contributed by atoms with Crippen LogP contribution in [0.1, 0.15) is 47.0 Å². The average molecular weight is 392 g/mol. The van der Waals surface area contributed by atoms with E-state index in [1.54, 1.807) is 25.4 Å². The molecular formula is C18H21N3O3S2. The first kappa shape index (κ1) is 18.8. The molecular weight excluding hydrogens is 370 g/mol. The van der Waals surface area contributed by atoms with Gasteiger partial charge in [0, 0.05) is 17.3 Å². The molecule has 6 nitrogen and oxygen atoms in total. The number of carbonyl (C=O) groups is 2. The average Bonchev–Trinajstić information content (AvgIpc) is 2.82. The number of hydrogen-bond donors (Lipinski definition) is 1. The van der Waals surface area contributed by atoms with Crippen LogP contribution < -0.4 is 5.32 Å². The normalized spacial score (nSPS) is 13.6. The Labute approximate surface area is 160 Å². The molecule has 0 radical (unpaired) electrons. The summed E-state index contributed by atoms with van der Waals surface area (Å²) in [5, 5.41) is 4.06. The fraction of sp³-hybridized carbons (Fsp3) is 0.444. The number of thiophene rings is 1. The third-order valence-electron chi connectivity index (χ3n) is 4.03. The van der Waals surface area contributed by atoms with Crippen molar-refractivity contribution in [3.05, 3.63) is 34.5 Å². The van der Waals surface area contributed by atoms with Crippen molar-refractivity contribution in [3.63, 3.8) is 0 Å². The van der Waals surface area contributed by atoms with Crippen LogP contribution in [0, 0.1) is 0 Å². The number of rotatable bonds is 6. The first-order chi connectivity index (χ1) is 12.7. The zero-order valence-electron chi connectivity index (χ0n) is 14.6. The molecule has 0 aliphatic heterocycles. The molecule has 8 heteroatoms. The summed E-state index contributed by atoms with van der Waals surface area (Å²) in [6, 6.07) is 1.73. The third-order valence-corrected chi connectivity index (χ3v) is 6.11. The number of nitrogens with one attached hydrogen (secondary N) is 1. The molecule has 3 rings (SSSR count). The van der Waals surface area contributed by atoms with E-state index in [9.17, 15) is 9.59 Å². The lowest BCUT2D eigenvalue weighted by atomic mass is 10.1. The number of carbonyl (C=O) groups excluding carboxylic acids is 2. The molecule has 0 aromatic carbocycles. The molecule has 2 aromatic heterocycles. The standard InChI is InChI=1S/C18H21N3O3S2/c1-2-24-17(23)15-12-7-4-3-5-8-13(12)26-16(15)21-14(22)11-25-18-19-9-6-10-20-18/h6,9-10H,2-5,7-8,11H2,1H3,(H,21,22). The highest BCUT2D eigenvalue weighted by Gasteiger charge is 2.26. The lowest BCUT2D eigenvalue weighted by Gasteiger charge is -2.08. The van der Waals surface area contributed by atoms with Crippen molar-refractivity contribution >= 4 is 40.0 Å². The van der Waals surface area contributed by atoms with Crippen LogP contribution in [0.2, 0.25) is 0 Å². The maximum Gasteiger partial charge on any atom is 0.341 e. The fourth-order valence-electron chi connectivity index (χ4n) is 2.90. The molecule has 138 valence electrons. The van der Waals surface area contributed by atoms with Crippen molar-refractivity contribution < 1.29 is 14.3 Å². The molecule has 1 aliphatic carbocycles. The summed E-state index contributed by atoms with van der Waals surface area (Å²) in [5.41, 5.74) is 1.60. The third kappa shape index (κ3) is 4.62. The van der Waals surface area contributed by atoms with Gasteiger partial charge in [-0.15, -0.1) is 11.3 Å². The summed E-state index contributed by atoms with van der Waals surface area (Å²) >= 11 is 2.77. The molecule has 2 aromatic rings. The van der Waals surface area contributed by atoms with Crippen LogP contribution in [0.15, 0.2) is 23.6 Å². The Hall–Kier alpha value is -1.93. The number of hydrogen-bond acceptors (Lipinski definition) is 7. The molecule has 26 heavy (non-hydrogen) atoms. The molecule has 0 spiro atoms. The lowest BCUT2D eigenvalue weighted by molar-refractivity contribution is -0.113. The Morgan fingerprint density at radius 1 is 1.23 bits per heavy atom. The Morgan fingerprint density at radius 2 is 2.00 bits per heavy atom. The van der Waals surface area contributed by atoms with Crippen molar-refractivity contribution in [2.75, 3.05) is 17.7 Å². The van der Waals surface area contributed by atoms with E-state index < -0.39 is 0 Å². The highest BCUT2D eigenvalue weighted by atomic mass is 32.2. The lowest BCUT2D eigenvalue weighted by Crippen LogP contribution is -2.17. The Balaban J connectivity index is 1.75. The minimum Gasteiger partial charge on any atom is -0.462 e. The van der Waals surface area contributed by atoms with E-state index in [4.69, 9.17) is 4.74 Å². The summed E-state index contributed by atoms with van der Waals surface area (Å²) in [4.78, 5) is 34.2. The molecule has 1 amide bonds. The number of amides is 1. The van der Waals surface area contributed by atoms with Crippen LogP contribution in [-0.2, 0) is 22.4 Å². The number of anilines is 1. The smallest absolute Gasteiger partial charge is 0.341 e. The van der Waals surface area contributed by atoms with Gasteiger partial charge in [0.05, 0.1) is 17.9 Å². The van der Waals surface area contributed by atoms with Gasteiger partial charge in [0.2, 0.25) is 5.91 Å². The van der Waals surface area contributed by atoms with Gasteiger partial charge in [-0.3, -0.25) is 4.79 Å². The van der Waals surface area contributed by atoms with Crippen LogP contribution in [-0.4, -0.2) is 34.2 Å². The zero-order valence-corrected chi connectivity index (χ0v) is 16.3. The van der Waals surface area contributed by atoms with Crippen LogP contribution in [0.3, 0.4) is 0 Å². The van der Waals surface area contributed by atoms with E-state index >= 15 is 0 Å². The second kappa shape index (κ2) is 9.14. The largest absolute Gasteiger partial charge is 0.462 e. The number of esters is 1. The first-order valence-electron chi connectivity index (χ1n) is 8.70. The van der Waals surface area contributed by atoms with Gasteiger partial charge in [-0.05, 0) is 44.2 Å². The van der Waals surface area contributed by atoms with Crippen molar-refractivity contribution in [2.45, 2.75) is 44.2 Å². The van der Waals surface area contributed by atoms with Gasteiger partial charge in [0.25, 0.3) is 0 Å². The summed E-state index contributed by atoms with van der Waals surface area (Å²) < 4.78 is 5.24. The molecule has 0 unspecified atom stereocenters. The van der Waals surface area contributed by atoms with Crippen molar-refractivity contribution in [2.24, 2.45) is 0 Å². The highest BCUT2D eigenvalue weighted by Crippen LogP contribution is 2.38. The predicted octanol–water partition coefficient (Wildman–Crippen LogP) is 3.71. The molecule has 0 bridgehead atoms. The Kier molecular flexibility index (Phi) is 6.62. The quantitative estimate of drug-likeness (QED) is 0.350. The monoisotopic (exact) mass is 391 g/mol. The molecule has 2 heterocycles. The number of nitrogens with zero attached hydrogens (tertiary/aromatic N) is 2. The molecule has 1 aliphatic rings. The molecule has 0 saturated heterocycles. The van der Waals surface area contributed by atoms with Crippen molar-refractivity contribution in [1.82, 2.24) is 9.97 Å². The number of thioether (sulfide) groups is 1. The minimum absolute atomic E-state index is 0.176. The predicted molar refractivity (Wildman–Crippen MR) is 103 cm³/mol. The van der Waals surface area contributed by atoms with Gasteiger partial charge in [0.15, 0.2) is 5.16 Å². The minimum atomic E-state index is -0.346. The number of ether oxygens (including phenoxy) is 1. The van der Waals surface area contributed by atoms with E-state index in [2.05, 4.69) is 15.3 Å². The van der Waals surface area contributed by atoms with Gasteiger partial charge < -0.3 is 10.1 Å². The van der Waals surface area contributed by atoms with Crippen LogP contribution in [0.4, 0.5) is 5.00 Å². The van der Waals surface area contributed by atoms with Crippen LogP contribution in [0.25, 0.3) is 0 Å². The van der Waals surface area contributed by atoms with E-state index in [-0.39, 0.29) is 17.6 Å². The first-order valence-corrected chi connectivity index (χ1v) is 10.5.